The highest BCUT2D eigenvalue weighted by molar-refractivity contribution is 7.89. The minimum absolute atomic E-state index is 0.168. The van der Waals surface area contributed by atoms with Crippen LogP contribution >= 0.6 is 0 Å². The molecule has 1 aliphatic heterocycles. The Morgan fingerprint density at radius 2 is 1.75 bits per heavy atom. The molecule has 126 valence electrons. The van der Waals surface area contributed by atoms with Crippen molar-refractivity contribution in [2.75, 3.05) is 18.4 Å². The molecule has 24 heavy (non-hydrogen) atoms. The van der Waals surface area contributed by atoms with Crippen LogP contribution in [0.2, 0.25) is 0 Å². The maximum Gasteiger partial charge on any atom is 0.255 e. The maximum absolute atomic E-state index is 12.6. The molecule has 0 saturated carbocycles. The van der Waals surface area contributed by atoms with Crippen molar-refractivity contribution in [2.45, 2.75) is 24.7 Å². The van der Waals surface area contributed by atoms with Crippen molar-refractivity contribution in [3.8, 4) is 0 Å². The van der Waals surface area contributed by atoms with Crippen LogP contribution in [0.5, 0.6) is 0 Å². The van der Waals surface area contributed by atoms with Gasteiger partial charge < -0.3 is 5.32 Å². The fourth-order valence-corrected chi connectivity index (χ4v) is 4.35. The minimum Gasteiger partial charge on any atom is -0.322 e. The van der Waals surface area contributed by atoms with Crippen molar-refractivity contribution in [1.29, 1.82) is 0 Å². The predicted molar refractivity (Wildman–Crippen MR) is 93.6 cm³/mol. The molecular formula is C18H20N2O3S. The molecule has 1 aliphatic rings. The predicted octanol–water partition coefficient (Wildman–Crippen LogP) is 3.03. The average molecular weight is 344 g/mol. The summed E-state index contributed by atoms with van der Waals surface area (Å²) in [6.07, 6.45) is 1.76. The molecule has 2 aromatic carbocycles. The molecule has 1 heterocycles. The molecule has 1 fully saturated rings. The number of nitrogens with one attached hydrogen (secondary N) is 1. The van der Waals surface area contributed by atoms with Crippen LogP contribution in [0.1, 0.15) is 28.8 Å². The van der Waals surface area contributed by atoms with E-state index >= 15 is 0 Å². The second-order valence-corrected chi connectivity index (χ2v) is 7.85. The number of nitrogens with zero attached hydrogens (tertiary/aromatic N) is 1. The number of para-hydroxylation sites is 1. The van der Waals surface area contributed by atoms with Gasteiger partial charge in [0.15, 0.2) is 0 Å². The summed E-state index contributed by atoms with van der Waals surface area (Å²) in [4.78, 5) is 12.6. The third kappa shape index (κ3) is 3.34. The second kappa shape index (κ2) is 6.75. The first-order valence-corrected chi connectivity index (χ1v) is 9.40. The number of aryl methyl sites for hydroxylation is 1. The molecule has 1 N–H and O–H groups in total. The number of hydrogen-bond acceptors (Lipinski definition) is 3. The van der Waals surface area contributed by atoms with Gasteiger partial charge in [-0.1, -0.05) is 24.3 Å². The molecule has 0 aliphatic carbocycles. The third-order valence-corrected chi connectivity index (χ3v) is 6.09. The van der Waals surface area contributed by atoms with Crippen LogP contribution in [0.3, 0.4) is 0 Å². The lowest BCUT2D eigenvalue weighted by molar-refractivity contribution is 0.102. The van der Waals surface area contributed by atoms with Crippen molar-refractivity contribution < 1.29 is 13.2 Å². The number of rotatable bonds is 4. The quantitative estimate of drug-likeness (QED) is 0.927. The molecular weight excluding hydrogens is 324 g/mol. The molecule has 3 rings (SSSR count). The molecule has 0 radical (unpaired) electrons. The lowest BCUT2D eigenvalue weighted by Crippen LogP contribution is -2.28. The van der Waals surface area contributed by atoms with E-state index in [2.05, 4.69) is 5.32 Å². The molecule has 1 amide bonds. The summed E-state index contributed by atoms with van der Waals surface area (Å²) in [5, 5.41) is 2.83. The monoisotopic (exact) mass is 344 g/mol. The first-order chi connectivity index (χ1) is 11.5. The molecule has 0 bridgehead atoms. The van der Waals surface area contributed by atoms with Gasteiger partial charge in [0.05, 0.1) is 4.90 Å². The summed E-state index contributed by atoms with van der Waals surface area (Å²) in [7, 11) is -3.52. The number of carbonyl (C=O) groups is 1. The molecule has 0 unspecified atom stereocenters. The van der Waals surface area contributed by atoms with Gasteiger partial charge in [-0.25, -0.2) is 8.42 Å². The van der Waals surface area contributed by atoms with Crippen molar-refractivity contribution in [1.82, 2.24) is 4.31 Å². The van der Waals surface area contributed by atoms with Gasteiger partial charge in [-0.3, -0.25) is 4.79 Å². The normalized spacial score (nSPS) is 15.4. The van der Waals surface area contributed by atoms with E-state index in [1.807, 2.05) is 31.2 Å². The first kappa shape index (κ1) is 16.7. The third-order valence-electron chi connectivity index (χ3n) is 4.19. The maximum atomic E-state index is 12.6. The highest BCUT2D eigenvalue weighted by Gasteiger charge is 2.27. The van der Waals surface area contributed by atoms with E-state index in [-0.39, 0.29) is 10.8 Å². The van der Waals surface area contributed by atoms with Crippen LogP contribution in [0.25, 0.3) is 0 Å². The van der Waals surface area contributed by atoms with Crippen molar-refractivity contribution in [2.24, 2.45) is 0 Å². The molecule has 0 spiro atoms. The number of hydrogen-bond donors (Lipinski definition) is 1. The van der Waals surface area contributed by atoms with Crippen LogP contribution in [0.15, 0.2) is 53.4 Å². The Morgan fingerprint density at radius 1 is 1.04 bits per heavy atom. The Hall–Kier alpha value is -2.18. The van der Waals surface area contributed by atoms with E-state index in [4.69, 9.17) is 0 Å². The van der Waals surface area contributed by atoms with Crippen molar-refractivity contribution >= 4 is 21.6 Å². The van der Waals surface area contributed by atoms with Crippen LogP contribution in [-0.2, 0) is 10.0 Å². The SMILES string of the molecule is Cc1ccccc1NC(=O)c1cccc(S(=O)(=O)N2CCCC2)c1. The number of benzene rings is 2. The Kier molecular flexibility index (Phi) is 4.69. The summed E-state index contributed by atoms with van der Waals surface area (Å²) >= 11 is 0. The zero-order valence-electron chi connectivity index (χ0n) is 13.5. The largest absolute Gasteiger partial charge is 0.322 e. The summed E-state index contributed by atoms with van der Waals surface area (Å²) in [5.41, 5.74) is 2.00. The number of amides is 1. The Morgan fingerprint density at radius 3 is 2.46 bits per heavy atom. The smallest absolute Gasteiger partial charge is 0.255 e. The topological polar surface area (TPSA) is 66.5 Å². The van der Waals surface area contributed by atoms with E-state index in [9.17, 15) is 13.2 Å². The fraction of sp³-hybridized carbons (Fsp3) is 0.278. The van der Waals surface area contributed by atoms with Gasteiger partial charge >= 0.3 is 0 Å². The first-order valence-electron chi connectivity index (χ1n) is 7.96. The minimum atomic E-state index is -3.52. The zero-order valence-corrected chi connectivity index (χ0v) is 14.3. The van der Waals surface area contributed by atoms with E-state index < -0.39 is 10.0 Å². The standard InChI is InChI=1S/C18H20N2O3S/c1-14-7-2-3-10-17(14)19-18(21)15-8-6-9-16(13-15)24(22,23)20-11-4-5-12-20/h2-3,6-10,13H,4-5,11-12H2,1H3,(H,19,21). The Labute approximate surface area is 142 Å². The lowest BCUT2D eigenvalue weighted by Gasteiger charge is -2.16. The number of anilines is 1. The molecule has 1 saturated heterocycles. The fourth-order valence-electron chi connectivity index (χ4n) is 2.78. The number of carbonyl (C=O) groups excluding carboxylic acids is 1. The lowest BCUT2D eigenvalue weighted by atomic mass is 10.1. The van der Waals surface area contributed by atoms with E-state index in [0.29, 0.717) is 18.7 Å². The van der Waals surface area contributed by atoms with Crippen LogP contribution in [-0.4, -0.2) is 31.7 Å². The van der Waals surface area contributed by atoms with E-state index in [0.717, 1.165) is 24.1 Å². The Bertz CT molecular complexity index is 856. The molecule has 0 aromatic heterocycles. The summed E-state index contributed by atoms with van der Waals surface area (Å²) in [6.45, 7) is 2.99. The van der Waals surface area contributed by atoms with Gasteiger partial charge in [0.1, 0.15) is 0 Å². The Balaban J connectivity index is 1.85. The molecule has 2 aromatic rings. The van der Waals surface area contributed by atoms with Gasteiger partial charge in [-0.15, -0.1) is 0 Å². The van der Waals surface area contributed by atoms with E-state index in [1.54, 1.807) is 12.1 Å². The van der Waals surface area contributed by atoms with Gasteiger partial charge in [-0.2, -0.15) is 4.31 Å². The molecule has 0 atom stereocenters. The van der Waals surface area contributed by atoms with Gasteiger partial charge in [-0.05, 0) is 49.6 Å². The van der Waals surface area contributed by atoms with E-state index in [1.165, 1.54) is 16.4 Å². The zero-order chi connectivity index (χ0) is 17.2. The van der Waals surface area contributed by atoms with Gasteiger partial charge in [0, 0.05) is 24.3 Å². The highest BCUT2D eigenvalue weighted by Crippen LogP contribution is 2.22. The summed E-state index contributed by atoms with van der Waals surface area (Å²) in [5.74, 6) is -0.317. The van der Waals surface area contributed by atoms with Crippen LogP contribution in [0.4, 0.5) is 5.69 Å². The van der Waals surface area contributed by atoms with Gasteiger partial charge in [0.25, 0.3) is 5.91 Å². The summed E-state index contributed by atoms with van der Waals surface area (Å²) in [6, 6.07) is 13.7. The molecule has 5 nitrogen and oxygen atoms in total. The highest BCUT2D eigenvalue weighted by atomic mass is 32.2. The number of sulfonamides is 1. The van der Waals surface area contributed by atoms with Crippen molar-refractivity contribution in [3.63, 3.8) is 0 Å². The van der Waals surface area contributed by atoms with Crippen LogP contribution < -0.4 is 5.32 Å². The second-order valence-electron chi connectivity index (χ2n) is 5.91. The summed E-state index contributed by atoms with van der Waals surface area (Å²) < 4.78 is 26.7. The van der Waals surface area contributed by atoms with Gasteiger partial charge in [0.2, 0.25) is 10.0 Å². The average Bonchev–Trinajstić information content (AvgIpc) is 3.12. The van der Waals surface area contributed by atoms with Crippen LogP contribution in [0, 0.1) is 6.92 Å². The van der Waals surface area contributed by atoms with Crippen molar-refractivity contribution in [3.05, 3.63) is 59.7 Å². The molecule has 6 heteroatoms.